The van der Waals surface area contributed by atoms with Crippen molar-refractivity contribution in [1.82, 2.24) is 35.5 Å². The van der Waals surface area contributed by atoms with E-state index >= 15 is 0 Å². The molecule has 2 N–H and O–H groups in total. The molecule has 1 aliphatic rings. The summed E-state index contributed by atoms with van der Waals surface area (Å²) in [7, 11) is 0. The molecule has 2 aromatic heterocycles. The molecule has 128 valence electrons. The molecule has 2 heterocycles. The van der Waals surface area contributed by atoms with Gasteiger partial charge < -0.3 is 10.3 Å². The van der Waals surface area contributed by atoms with Crippen molar-refractivity contribution in [3.05, 3.63) is 53.4 Å². The number of tetrazole rings is 1. The van der Waals surface area contributed by atoms with Crippen LogP contribution in [0.3, 0.4) is 0 Å². The number of hydrogen-bond donors (Lipinski definition) is 2. The lowest BCUT2D eigenvalue weighted by Crippen LogP contribution is -2.34. The molecule has 3 aromatic rings. The molecular weight excluding hydrogens is 318 g/mol. The molecule has 25 heavy (non-hydrogen) atoms. The van der Waals surface area contributed by atoms with Crippen LogP contribution >= 0.6 is 0 Å². The van der Waals surface area contributed by atoms with Crippen molar-refractivity contribution in [3.8, 4) is 5.69 Å². The van der Waals surface area contributed by atoms with Gasteiger partial charge in [-0.2, -0.15) is 4.68 Å². The number of imidazole rings is 1. The number of benzene rings is 1. The molecule has 4 rings (SSSR count). The molecule has 1 aromatic carbocycles. The fourth-order valence-corrected chi connectivity index (χ4v) is 3.24. The minimum absolute atomic E-state index is 0.0283. The van der Waals surface area contributed by atoms with Crippen LogP contribution in [0.5, 0.6) is 0 Å². The molecule has 0 radical (unpaired) electrons. The van der Waals surface area contributed by atoms with Crippen LogP contribution in [0, 0.1) is 12.8 Å². The van der Waals surface area contributed by atoms with Gasteiger partial charge in [-0.15, -0.1) is 5.10 Å². The summed E-state index contributed by atoms with van der Waals surface area (Å²) in [4.78, 5) is 20.2. The van der Waals surface area contributed by atoms with Gasteiger partial charge in [0.05, 0.1) is 17.9 Å². The second-order valence-electron chi connectivity index (χ2n) is 6.25. The standard InChI is InChI=1S/C17H19N7O/c1-11-19-14-8-7-12(9-15(14)20-11)17(25)18-10-16-21-22-23-24(16)13-5-3-2-4-6-13/h2-6,12H,7-10H2,1H3,(H,18,25)(H,19,20). The minimum Gasteiger partial charge on any atom is -0.348 e. The molecule has 0 spiro atoms. The molecule has 0 saturated carbocycles. The van der Waals surface area contributed by atoms with Gasteiger partial charge in [0.25, 0.3) is 0 Å². The van der Waals surface area contributed by atoms with E-state index in [1.165, 1.54) is 0 Å². The van der Waals surface area contributed by atoms with Crippen LogP contribution in [-0.4, -0.2) is 36.1 Å². The highest BCUT2D eigenvalue weighted by molar-refractivity contribution is 5.79. The number of rotatable bonds is 4. The number of para-hydroxylation sites is 1. The Morgan fingerprint density at radius 2 is 2.20 bits per heavy atom. The number of carbonyl (C=O) groups is 1. The van der Waals surface area contributed by atoms with Crippen LogP contribution in [0.4, 0.5) is 0 Å². The highest BCUT2D eigenvalue weighted by Crippen LogP contribution is 2.24. The lowest BCUT2D eigenvalue weighted by atomic mass is 9.89. The highest BCUT2D eigenvalue weighted by Gasteiger charge is 2.27. The Hall–Kier alpha value is -3.03. The van der Waals surface area contributed by atoms with E-state index in [0.29, 0.717) is 18.8 Å². The highest BCUT2D eigenvalue weighted by atomic mass is 16.1. The average Bonchev–Trinajstić information content (AvgIpc) is 3.24. The maximum absolute atomic E-state index is 12.5. The van der Waals surface area contributed by atoms with Gasteiger partial charge in [0.2, 0.25) is 5.91 Å². The number of carbonyl (C=O) groups excluding carboxylic acids is 1. The molecule has 1 amide bonds. The van der Waals surface area contributed by atoms with E-state index < -0.39 is 0 Å². The minimum atomic E-state index is -0.0478. The fraction of sp³-hybridized carbons (Fsp3) is 0.353. The van der Waals surface area contributed by atoms with Crippen molar-refractivity contribution in [3.63, 3.8) is 0 Å². The molecule has 8 nitrogen and oxygen atoms in total. The van der Waals surface area contributed by atoms with Crippen molar-refractivity contribution in [2.75, 3.05) is 0 Å². The van der Waals surface area contributed by atoms with Crippen molar-refractivity contribution >= 4 is 5.91 Å². The summed E-state index contributed by atoms with van der Waals surface area (Å²) in [5.41, 5.74) is 3.04. The predicted molar refractivity (Wildman–Crippen MR) is 89.8 cm³/mol. The zero-order valence-electron chi connectivity index (χ0n) is 13.9. The second-order valence-corrected chi connectivity index (χ2v) is 6.25. The smallest absolute Gasteiger partial charge is 0.223 e. The average molecular weight is 337 g/mol. The lowest BCUT2D eigenvalue weighted by molar-refractivity contribution is -0.125. The van der Waals surface area contributed by atoms with E-state index in [1.807, 2.05) is 37.3 Å². The van der Waals surface area contributed by atoms with Crippen molar-refractivity contribution in [1.29, 1.82) is 0 Å². The van der Waals surface area contributed by atoms with Crippen LogP contribution < -0.4 is 5.32 Å². The maximum Gasteiger partial charge on any atom is 0.223 e. The molecule has 0 saturated heterocycles. The van der Waals surface area contributed by atoms with Gasteiger partial charge >= 0.3 is 0 Å². The monoisotopic (exact) mass is 337 g/mol. The van der Waals surface area contributed by atoms with Gasteiger partial charge in [-0.25, -0.2) is 4.98 Å². The van der Waals surface area contributed by atoms with E-state index in [-0.39, 0.29) is 11.8 Å². The molecule has 1 atom stereocenters. The summed E-state index contributed by atoms with van der Waals surface area (Å²) in [6, 6.07) is 9.62. The van der Waals surface area contributed by atoms with Gasteiger partial charge in [-0.05, 0) is 42.3 Å². The summed E-state index contributed by atoms with van der Waals surface area (Å²) in [6.07, 6.45) is 2.35. The first-order valence-electron chi connectivity index (χ1n) is 8.35. The zero-order chi connectivity index (χ0) is 17.2. The largest absolute Gasteiger partial charge is 0.348 e. The van der Waals surface area contributed by atoms with Crippen molar-refractivity contribution in [2.45, 2.75) is 32.7 Å². The summed E-state index contributed by atoms with van der Waals surface area (Å²) < 4.78 is 1.64. The number of amides is 1. The Labute approximate surface area is 144 Å². The summed E-state index contributed by atoms with van der Waals surface area (Å²) in [6.45, 7) is 2.24. The quantitative estimate of drug-likeness (QED) is 0.743. The van der Waals surface area contributed by atoms with Crippen LogP contribution in [0.2, 0.25) is 0 Å². The predicted octanol–water partition coefficient (Wildman–Crippen LogP) is 1.12. The van der Waals surface area contributed by atoms with E-state index in [1.54, 1.807) is 4.68 Å². The molecule has 8 heteroatoms. The topological polar surface area (TPSA) is 101 Å². The number of nitrogens with zero attached hydrogens (tertiary/aromatic N) is 5. The number of hydrogen-bond acceptors (Lipinski definition) is 5. The number of nitrogens with one attached hydrogen (secondary N) is 2. The number of aromatic nitrogens is 6. The second kappa shape index (κ2) is 6.46. The summed E-state index contributed by atoms with van der Waals surface area (Å²) >= 11 is 0. The van der Waals surface area contributed by atoms with E-state index in [2.05, 4.69) is 30.8 Å². The first-order chi connectivity index (χ1) is 12.2. The molecule has 0 bridgehead atoms. The van der Waals surface area contributed by atoms with Crippen molar-refractivity contribution in [2.24, 2.45) is 5.92 Å². The van der Waals surface area contributed by atoms with Crippen LogP contribution in [-0.2, 0) is 24.2 Å². The van der Waals surface area contributed by atoms with Crippen LogP contribution in [0.25, 0.3) is 5.69 Å². The van der Waals surface area contributed by atoms with Crippen molar-refractivity contribution < 1.29 is 4.79 Å². The summed E-state index contributed by atoms with van der Waals surface area (Å²) in [5, 5.41) is 14.7. The van der Waals surface area contributed by atoms with E-state index in [4.69, 9.17) is 0 Å². The number of aromatic amines is 1. The molecule has 0 fully saturated rings. The third kappa shape index (κ3) is 3.15. The zero-order valence-corrected chi connectivity index (χ0v) is 13.9. The Kier molecular flexibility index (Phi) is 4.01. The van der Waals surface area contributed by atoms with Gasteiger partial charge in [0, 0.05) is 18.0 Å². The third-order valence-electron chi connectivity index (χ3n) is 4.49. The third-order valence-corrected chi connectivity index (χ3v) is 4.49. The molecule has 1 unspecified atom stereocenters. The summed E-state index contributed by atoms with van der Waals surface area (Å²) in [5.74, 6) is 1.50. The normalized spacial score (nSPS) is 16.4. The first kappa shape index (κ1) is 15.5. The number of H-pyrrole nitrogens is 1. The Bertz CT molecular complexity index is 884. The Morgan fingerprint density at radius 3 is 3.04 bits per heavy atom. The Balaban J connectivity index is 1.41. The van der Waals surface area contributed by atoms with Crippen LogP contribution in [0.15, 0.2) is 30.3 Å². The fourth-order valence-electron chi connectivity index (χ4n) is 3.24. The first-order valence-corrected chi connectivity index (χ1v) is 8.35. The number of fused-ring (bicyclic) bond motifs is 1. The lowest BCUT2D eigenvalue weighted by Gasteiger charge is -2.20. The van der Waals surface area contributed by atoms with Gasteiger partial charge in [0.1, 0.15) is 5.82 Å². The molecular formula is C17H19N7O. The van der Waals surface area contributed by atoms with Gasteiger partial charge in [0.15, 0.2) is 5.82 Å². The van der Waals surface area contributed by atoms with Gasteiger partial charge in [-0.3, -0.25) is 4.79 Å². The SMILES string of the molecule is Cc1nc2c([nH]1)CC(C(=O)NCc1nnnn1-c1ccccc1)CC2. The molecule has 1 aliphatic carbocycles. The maximum atomic E-state index is 12.5. The molecule has 0 aliphatic heterocycles. The number of aryl methyl sites for hydroxylation is 2. The van der Waals surface area contributed by atoms with Crippen LogP contribution in [0.1, 0.15) is 29.5 Å². The van der Waals surface area contributed by atoms with Gasteiger partial charge in [-0.1, -0.05) is 18.2 Å². The van der Waals surface area contributed by atoms with E-state index in [9.17, 15) is 4.79 Å². The van der Waals surface area contributed by atoms with E-state index in [0.717, 1.165) is 35.7 Å². The Morgan fingerprint density at radius 1 is 1.36 bits per heavy atom.